The zero-order chi connectivity index (χ0) is 18.5. The topological polar surface area (TPSA) is 48.1 Å². The van der Waals surface area contributed by atoms with Gasteiger partial charge in [0.25, 0.3) is 5.56 Å². The molecule has 140 valence electrons. The highest BCUT2D eigenvalue weighted by Gasteiger charge is 2.25. The number of H-pyrrole nitrogens is 1. The minimum absolute atomic E-state index is 0.0132. The zero-order valence-electron chi connectivity index (χ0n) is 15.8. The maximum absolute atomic E-state index is 12.6. The molecule has 1 aromatic carbocycles. The Morgan fingerprint density at radius 1 is 1.31 bits per heavy atom. The Morgan fingerprint density at radius 2 is 2.08 bits per heavy atom. The van der Waals surface area contributed by atoms with Crippen LogP contribution in [0.25, 0.3) is 10.9 Å². The van der Waals surface area contributed by atoms with E-state index in [1.165, 1.54) is 18.4 Å². The van der Waals surface area contributed by atoms with E-state index in [9.17, 15) is 4.79 Å². The minimum Gasteiger partial charge on any atom is -0.363 e. The molecule has 1 aromatic heterocycles. The van der Waals surface area contributed by atoms with Gasteiger partial charge in [0, 0.05) is 23.7 Å². The molecular weight excluding hydrogens is 342 g/mol. The van der Waals surface area contributed by atoms with Gasteiger partial charge in [-0.15, -0.1) is 0 Å². The van der Waals surface area contributed by atoms with E-state index in [2.05, 4.69) is 35.1 Å². The molecule has 1 fully saturated rings. The summed E-state index contributed by atoms with van der Waals surface area (Å²) < 4.78 is 0. The first-order valence-corrected chi connectivity index (χ1v) is 10.2. The van der Waals surface area contributed by atoms with Gasteiger partial charge in [-0.25, -0.2) is 0 Å². The number of nitrogens with one attached hydrogen (secondary N) is 2. The minimum atomic E-state index is -0.0132. The Labute approximate surface area is 161 Å². The number of rotatable bonds is 6. The fourth-order valence-electron chi connectivity index (χ4n) is 3.73. The van der Waals surface area contributed by atoms with Crippen molar-refractivity contribution in [3.63, 3.8) is 0 Å². The lowest BCUT2D eigenvalue weighted by Gasteiger charge is -2.31. The molecule has 0 aliphatic heterocycles. The van der Waals surface area contributed by atoms with E-state index in [0.29, 0.717) is 12.6 Å². The lowest BCUT2D eigenvalue weighted by atomic mass is 10.1. The van der Waals surface area contributed by atoms with Gasteiger partial charge in [0.05, 0.1) is 6.54 Å². The second-order valence-corrected chi connectivity index (χ2v) is 7.75. The van der Waals surface area contributed by atoms with Gasteiger partial charge >= 0.3 is 0 Å². The Balaban J connectivity index is 1.85. The molecule has 0 unspecified atom stereocenters. The molecule has 26 heavy (non-hydrogen) atoms. The summed E-state index contributed by atoms with van der Waals surface area (Å²) in [4.78, 5) is 17.9. The summed E-state index contributed by atoms with van der Waals surface area (Å²) in [6.45, 7) is 5.71. The van der Waals surface area contributed by atoms with Gasteiger partial charge in [-0.2, -0.15) is 0 Å². The smallest absolute Gasteiger partial charge is 0.253 e. The maximum Gasteiger partial charge on any atom is 0.253 e. The summed E-state index contributed by atoms with van der Waals surface area (Å²) in [7, 11) is 0. The van der Waals surface area contributed by atoms with E-state index < -0.39 is 0 Å². The van der Waals surface area contributed by atoms with E-state index in [-0.39, 0.29) is 5.56 Å². The lowest BCUT2D eigenvalue weighted by molar-refractivity contribution is 0.302. The molecule has 1 aliphatic carbocycles. The number of unbranched alkanes of at least 4 members (excludes halogenated alkanes) is 1. The van der Waals surface area contributed by atoms with Crippen molar-refractivity contribution in [3.8, 4) is 0 Å². The number of aromatic amines is 1. The number of fused-ring (bicyclic) bond motifs is 1. The van der Waals surface area contributed by atoms with E-state index >= 15 is 0 Å². The van der Waals surface area contributed by atoms with E-state index in [1.54, 1.807) is 0 Å². The summed E-state index contributed by atoms with van der Waals surface area (Å²) in [5.74, 6) is 0. The van der Waals surface area contributed by atoms with Crippen molar-refractivity contribution >= 4 is 28.2 Å². The zero-order valence-corrected chi connectivity index (χ0v) is 16.6. The first-order valence-electron chi connectivity index (χ1n) is 9.75. The van der Waals surface area contributed by atoms with Crippen LogP contribution in [0.5, 0.6) is 0 Å². The largest absolute Gasteiger partial charge is 0.363 e. The number of thiocarbonyl (C=S) groups is 1. The van der Waals surface area contributed by atoms with Crippen molar-refractivity contribution in [2.75, 3.05) is 6.54 Å². The summed E-state index contributed by atoms with van der Waals surface area (Å²) in [6.07, 6.45) is 7.04. The molecule has 1 saturated carbocycles. The number of aryl methyl sites for hydroxylation is 1. The van der Waals surface area contributed by atoms with Crippen LogP contribution in [0.15, 0.2) is 29.1 Å². The second kappa shape index (κ2) is 8.67. The van der Waals surface area contributed by atoms with E-state index in [4.69, 9.17) is 12.2 Å². The van der Waals surface area contributed by atoms with Crippen LogP contribution < -0.4 is 10.9 Å². The standard InChI is InChI=1S/C21H29N3OS/c1-3-4-11-22-21(26)24(18-7-5-6-8-18)14-17-13-16-12-15(2)9-10-19(16)23-20(17)25/h9-10,12-13,18H,3-8,11,14H2,1-2H3,(H,22,26)(H,23,25). The van der Waals surface area contributed by atoms with E-state index in [1.807, 2.05) is 18.2 Å². The first kappa shape index (κ1) is 18.9. The van der Waals surface area contributed by atoms with Gasteiger partial charge in [-0.05, 0) is 62.0 Å². The predicted octanol–water partition coefficient (Wildman–Crippen LogP) is 4.26. The van der Waals surface area contributed by atoms with Crippen molar-refractivity contribution in [3.05, 3.63) is 45.7 Å². The summed E-state index contributed by atoms with van der Waals surface area (Å²) in [5.41, 5.74) is 2.86. The fraction of sp³-hybridized carbons (Fsp3) is 0.524. The molecule has 0 radical (unpaired) electrons. The molecule has 4 nitrogen and oxygen atoms in total. The van der Waals surface area contributed by atoms with Gasteiger partial charge in [0.2, 0.25) is 0 Å². The molecule has 3 rings (SSSR count). The highest BCUT2D eigenvalue weighted by molar-refractivity contribution is 7.80. The summed E-state index contributed by atoms with van der Waals surface area (Å²) >= 11 is 5.69. The quantitative estimate of drug-likeness (QED) is 0.588. The maximum atomic E-state index is 12.6. The number of hydrogen-bond acceptors (Lipinski definition) is 2. The number of benzene rings is 1. The monoisotopic (exact) mass is 371 g/mol. The van der Waals surface area contributed by atoms with Crippen molar-refractivity contribution in [2.45, 2.75) is 65.0 Å². The molecule has 1 aliphatic rings. The Bertz CT molecular complexity index is 824. The van der Waals surface area contributed by atoms with Crippen molar-refractivity contribution < 1.29 is 0 Å². The Kier molecular flexibility index (Phi) is 6.30. The van der Waals surface area contributed by atoms with Gasteiger partial charge in [0.1, 0.15) is 0 Å². The molecule has 2 aromatic rings. The number of aromatic nitrogens is 1. The van der Waals surface area contributed by atoms with E-state index in [0.717, 1.165) is 53.8 Å². The van der Waals surface area contributed by atoms with Gasteiger partial charge in [-0.3, -0.25) is 4.79 Å². The fourth-order valence-corrected chi connectivity index (χ4v) is 4.04. The average Bonchev–Trinajstić information content (AvgIpc) is 3.14. The second-order valence-electron chi connectivity index (χ2n) is 7.37. The molecule has 0 spiro atoms. The highest BCUT2D eigenvalue weighted by atomic mass is 32.1. The van der Waals surface area contributed by atoms with Crippen LogP contribution in [0.3, 0.4) is 0 Å². The normalized spacial score (nSPS) is 14.7. The number of hydrogen-bond donors (Lipinski definition) is 2. The highest BCUT2D eigenvalue weighted by Crippen LogP contribution is 2.25. The number of nitrogens with zero attached hydrogens (tertiary/aromatic N) is 1. The molecule has 2 N–H and O–H groups in total. The van der Waals surface area contributed by atoms with Gasteiger partial charge in [0.15, 0.2) is 5.11 Å². The van der Waals surface area contributed by atoms with Crippen LogP contribution in [-0.4, -0.2) is 27.6 Å². The molecule has 0 saturated heterocycles. The number of pyridine rings is 1. The Hall–Kier alpha value is -1.88. The van der Waals surface area contributed by atoms with Gasteiger partial charge in [-0.1, -0.05) is 37.8 Å². The van der Waals surface area contributed by atoms with Crippen molar-refractivity contribution in [1.29, 1.82) is 0 Å². The average molecular weight is 372 g/mol. The molecule has 1 heterocycles. The summed E-state index contributed by atoms with van der Waals surface area (Å²) in [6, 6.07) is 8.57. The molecule has 5 heteroatoms. The third-order valence-corrected chi connectivity index (χ3v) is 5.63. The van der Waals surface area contributed by atoms with Crippen LogP contribution in [-0.2, 0) is 6.54 Å². The van der Waals surface area contributed by atoms with Crippen LogP contribution in [0.4, 0.5) is 0 Å². The molecule has 0 amide bonds. The van der Waals surface area contributed by atoms with Crippen molar-refractivity contribution in [2.24, 2.45) is 0 Å². The molecule has 0 bridgehead atoms. The third-order valence-electron chi connectivity index (χ3n) is 5.25. The predicted molar refractivity (Wildman–Crippen MR) is 113 cm³/mol. The molecular formula is C21H29N3OS. The van der Waals surface area contributed by atoms with Crippen LogP contribution in [0.2, 0.25) is 0 Å². The van der Waals surface area contributed by atoms with Crippen molar-refractivity contribution in [1.82, 2.24) is 15.2 Å². The van der Waals surface area contributed by atoms with Crippen LogP contribution in [0, 0.1) is 6.92 Å². The van der Waals surface area contributed by atoms with Gasteiger partial charge < -0.3 is 15.2 Å². The SMILES string of the molecule is CCCCNC(=S)N(Cc1cc2cc(C)ccc2[nH]c1=O)C1CCCC1. The summed E-state index contributed by atoms with van der Waals surface area (Å²) in [5, 5.41) is 5.26. The van der Waals surface area contributed by atoms with Crippen LogP contribution >= 0.6 is 12.2 Å². The third kappa shape index (κ3) is 4.44. The first-order chi connectivity index (χ1) is 12.6. The molecule has 0 atom stereocenters. The van der Waals surface area contributed by atoms with Crippen LogP contribution in [0.1, 0.15) is 56.6 Å². The Morgan fingerprint density at radius 3 is 2.81 bits per heavy atom. The lowest BCUT2D eigenvalue weighted by Crippen LogP contribution is -2.45.